The lowest BCUT2D eigenvalue weighted by Crippen LogP contribution is -2.51. The third-order valence-electron chi connectivity index (χ3n) is 3.57. The largest absolute Gasteiger partial charge is 0.339 e. The van der Waals surface area contributed by atoms with E-state index < -0.39 is 0 Å². The van der Waals surface area contributed by atoms with Crippen LogP contribution < -0.4 is 0 Å². The molecule has 7 heteroatoms. The molecule has 0 aliphatic carbocycles. The van der Waals surface area contributed by atoms with Crippen LogP contribution >= 0.6 is 15.9 Å². The molecule has 2 rings (SSSR count). The molecule has 2 fully saturated rings. The van der Waals surface area contributed by atoms with Gasteiger partial charge in [0.2, 0.25) is 17.7 Å². The molecule has 0 aromatic rings. The van der Waals surface area contributed by atoms with Crippen LogP contribution in [0.5, 0.6) is 0 Å². The number of imide groups is 1. The van der Waals surface area contributed by atoms with E-state index in [0.717, 1.165) is 29.0 Å². The number of amides is 3. The zero-order valence-electron chi connectivity index (χ0n) is 11.3. The van der Waals surface area contributed by atoms with Gasteiger partial charge < -0.3 is 4.90 Å². The number of rotatable bonds is 4. The van der Waals surface area contributed by atoms with Crippen molar-refractivity contribution in [3.8, 4) is 0 Å². The van der Waals surface area contributed by atoms with Crippen LogP contribution in [-0.2, 0) is 14.4 Å². The Kier molecular flexibility index (Phi) is 4.93. The van der Waals surface area contributed by atoms with Gasteiger partial charge in [0.1, 0.15) is 6.54 Å². The fraction of sp³-hybridized carbons (Fsp3) is 0.615. The lowest BCUT2D eigenvalue weighted by Gasteiger charge is -2.35. The molecule has 0 N–H and O–H groups in total. The highest BCUT2D eigenvalue weighted by molar-refractivity contribution is 9.11. The Bertz CT molecular complexity index is 428. The van der Waals surface area contributed by atoms with E-state index in [1.807, 2.05) is 0 Å². The van der Waals surface area contributed by atoms with Gasteiger partial charge in [0.25, 0.3) is 0 Å². The van der Waals surface area contributed by atoms with Crippen LogP contribution in [0.1, 0.15) is 12.8 Å². The van der Waals surface area contributed by atoms with E-state index in [1.165, 1.54) is 0 Å². The molecule has 0 aromatic carbocycles. The van der Waals surface area contributed by atoms with Gasteiger partial charge in [0, 0.05) is 50.0 Å². The highest BCUT2D eigenvalue weighted by Gasteiger charge is 2.32. The molecule has 0 saturated carbocycles. The Labute approximate surface area is 126 Å². The van der Waals surface area contributed by atoms with E-state index in [0.29, 0.717) is 13.1 Å². The van der Waals surface area contributed by atoms with Crippen LogP contribution in [0, 0.1) is 0 Å². The minimum Gasteiger partial charge on any atom is -0.339 e. The van der Waals surface area contributed by atoms with Gasteiger partial charge in [-0.3, -0.25) is 24.2 Å². The van der Waals surface area contributed by atoms with Gasteiger partial charge in [-0.15, -0.1) is 0 Å². The Hall–Kier alpha value is -1.21. The van der Waals surface area contributed by atoms with Crippen molar-refractivity contribution in [3.05, 3.63) is 11.1 Å². The first-order chi connectivity index (χ1) is 9.47. The van der Waals surface area contributed by atoms with Crippen molar-refractivity contribution in [1.82, 2.24) is 14.7 Å². The highest BCUT2D eigenvalue weighted by atomic mass is 79.9. The summed E-state index contributed by atoms with van der Waals surface area (Å²) in [5, 5.41) is 0. The highest BCUT2D eigenvalue weighted by Crippen LogP contribution is 2.13. The van der Waals surface area contributed by atoms with E-state index in [1.54, 1.807) is 4.90 Å². The molecule has 0 atom stereocenters. The molecule has 2 heterocycles. The molecule has 20 heavy (non-hydrogen) atoms. The summed E-state index contributed by atoms with van der Waals surface area (Å²) in [5.41, 5.74) is 0. The van der Waals surface area contributed by atoms with Crippen molar-refractivity contribution in [2.75, 3.05) is 39.3 Å². The molecule has 3 amide bonds. The van der Waals surface area contributed by atoms with Crippen LogP contribution in [0.25, 0.3) is 0 Å². The molecule has 0 aromatic heterocycles. The van der Waals surface area contributed by atoms with Crippen LogP contribution in [0.15, 0.2) is 11.1 Å². The lowest BCUT2D eigenvalue weighted by atomic mass is 10.3. The van der Waals surface area contributed by atoms with Crippen molar-refractivity contribution in [2.45, 2.75) is 12.8 Å². The molecule has 110 valence electrons. The van der Waals surface area contributed by atoms with Gasteiger partial charge in [-0.1, -0.05) is 22.5 Å². The number of halogens is 1. The minimum atomic E-state index is -0.238. The third-order valence-corrected chi connectivity index (χ3v) is 3.82. The molecule has 2 saturated heterocycles. The summed E-state index contributed by atoms with van der Waals surface area (Å²) in [4.78, 5) is 40.1. The van der Waals surface area contributed by atoms with Gasteiger partial charge in [-0.25, -0.2) is 0 Å². The number of piperazine rings is 1. The summed E-state index contributed by atoms with van der Waals surface area (Å²) in [6, 6.07) is 0. The number of nitrogens with zero attached hydrogens (tertiary/aromatic N) is 3. The summed E-state index contributed by atoms with van der Waals surface area (Å²) < 4.78 is 0.922. The van der Waals surface area contributed by atoms with Gasteiger partial charge in [0.05, 0.1) is 0 Å². The molecule has 0 unspecified atom stereocenters. The second-order valence-electron chi connectivity index (χ2n) is 5.05. The topological polar surface area (TPSA) is 60.9 Å². The van der Waals surface area contributed by atoms with E-state index in [-0.39, 0.29) is 37.1 Å². The van der Waals surface area contributed by atoms with E-state index in [4.69, 9.17) is 0 Å². The molecule has 0 bridgehead atoms. The average molecular weight is 344 g/mol. The first kappa shape index (κ1) is 15.2. The number of carbonyl (C=O) groups is 3. The fourth-order valence-corrected chi connectivity index (χ4v) is 2.79. The smallest absolute Gasteiger partial charge is 0.242 e. The van der Waals surface area contributed by atoms with Gasteiger partial charge in [-0.2, -0.15) is 0 Å². The molecule has 6 nitrogen and oxygen atoms in total. The maximum absolute atomic E-state index is 12.1. The Morgan fingerprint density at radius 2 is 1.60 bits per heavy atom. The summed E-state index contributed by atoms with van der Waals surface area (Å²) in [7, 11) is 0. The van der Waals surface area contributed by atoms with Crippen molar-refractivity contribution in [3.63, 3.8) is 0 Å². The van der Waals surface area contributed by atoms with Crippen LogP contribution in [-0.4, -0.2) is 71.7 Å². The molecular weight excluding hydrogens is 326 g/mol. The first-order valence-electron chi connectivity index (χ1n) is 6.64. The molecule has 0 spiro atoms. The predicted molar refractivity (Wildman–Crippen MR) is 77.0 cm³/mol. The van der Waals surface area contributed by atoms with Crippen LogP contribution in [0.4, 0.5) is 0 Å². The van der Waals surface area contributed by atoms with Gasteiger partial charge in [-0.05, 0) is 0 Å². The van der Waals surface area contributed by atoms with Crippen molar-refractivity contribution >= 4 is 33.7 Å². The van der Waals surface area contributed by atoms with Gasteiger partial charge >= 0.3 is 0 Å². The normalized spacial score (nSPS) is 20.6. The van der Waals surface area contributed by atoms with E-state index in [2.05, 4.69) is 27.4 Å². The van der Waals surface area contributed by atoms with Crippen LogP contribution in [0.2, 0.25) is 0 Å². The fourth-order valence-electron chi connectivity index (χ4n) is 2.43. The predicted octanol–water partition coefficient (Wildman–Crippen LogP) is 0.188. The summed E-state index contributed by atoms with van der Waals surface area (Å²) in [5.74, 6) is -0.624. The number of hydrogen-bond donors (Lipinski definition) is 0. The first-order valence-corrected chi connectivity index (χ1v) is 7.43. The quantitative estimate of drug-likeness (QED) is 0.683. The van der Waals surface area contributed by atoms with E-state index >= 15 is 0 Å². The molecule has 2 aliphatic rings. The molecular formula is C13H18BrN3O3. The number of carbonyl (C=O) groups excluding carboxylic acids is 3. The second kappa shape index (κ2) is 6.49. The number of likely N-dealkylation sites (tertiary alicyclic amines) is 1. The average Bonchev–Trinajstić information content (AvgIpc) is 2.70. The maximum atomic E-state index is 12.1. The van der Waals surface area contributed by atoms with Crippen LogP contribution in [0.3, 0.4) is 0 Å². The second-order valence-corrected chi connectivity index (χ2v) is 6.17. The third kappa shape index (κ3) is 3.67. The van der Waals surface area contributed by atoms with Crippen molar-refractivity contribution in [1.29, 1.82) is 0 Å². The SMILES string of the molecule is C=C(Br)CN1CCN(C(=O)CN2C(=O)CCC2=O)CC1. The Morgan fingerprint density at radius 3 is 2.10 bits per heavy atom. The summed E-state index contributed by atoms with van der Waals surface area (Å²) in [6.45, 7) is 7.25. The van der Waals surface area contributed by atoms with Gasteiger partial charge in [0.15, 0.2) is 0 Å². The molecule has 2 aliphatic heterocycles. The van der Waals surface area contributed by atoms with Crippen molar-refractivity contribution < 1.29 is 14.4 Å². The monoisotopic (exact) mass is 343 g/mol. The Balaban J connectivity index is 1.81. The minimum absolute atomic E-state index is 0.108. The van der Waals surface area contributed by atoms with Crippen molar-refractivity contribution in [2.24, 2.45) is 0 Å². The van der Waals surface area contributed by atoms with E-state index in [9.17, 15) is 14.4 Å². The zero-order valence-corrected chi connectivity index (χ0v) is 12.9. The standard InChI is InChI=1S/C13H18BrN3O3/c1-10(14)8-15-4-6-16(7-5-15)13(20)9-17-11(18)2-3-12(17)19/h1-9H2. The maximum Gasteiger partial charge on any atom is 0.242 e. The molecule has 0 radical (unpaired) electrons. The lowest BCUT2D eigenvalue weighted by molar-refractivity contribution is -0.146. The summed E-state index contributed by atoms with van der Waals surface area (Å²) in [6.07, 6.45) is 0.459. The zero-order chi connectivity index (χ0) is 14.7. The Morgan fingerprint density at radius 1 is 1.05 bits per heavy atom. The number of hydrogen-bond acceptors (Lipinski definition) is 4. The summed E-state index contributed by atoms with van der Waals surface area (Å²) >= 11 is 3.33.